The van der Waals surface area contributed by atoms with Gasteiger partial charge in [0.25, 0.3) is 11.4 Å². The zero-order valence-corrected chi connectivity index (χ0v) is 18.3. The van der Waals surface area contributed by atoms with Crippen LogP contribution in [-0.2, 0) is 7.05 Å². The van der Waals surface area contributed by atoms with Crippen molar-refractivity contribution in [3.8, 4) is 28.1 Å². The predicted molar refractivity (Wildman–Crippen MR) is 122 cm³/mol. The molecule has 0 saturated carbocycles. The molecule has 0 unspecified atom stereocenters. The number of methoxy groups -OCH3 is 1. The molecule has 0 bridgehead atoms. The Morgan fingerprint density at radius 1 is 1.19 bits per heavy atom. The third-order valence-electron chi connectivity index (χ3n) is 5.91. The van der Waals surface area contributed by atoms with E-state index in [0.29, 0.717) is 28.7 Å². The highest BCUT2D eigenvalue weighted by Crippen LogP contribution is 2.33. The predicted octanol–water partition coefficient (Wildman–Crippen LogP) is 4.44. The van der Waals surface area contributed by atoms with Crippen LogP contribution in [0.15, 0.2) is 41.3 Å². The summed E-state index contributed by atoms with van der Waals surface area (Å²) in [5.41, 5.74) is 1.41. The lowest BCUT2D eigenvalue weighted by molar-refractivity contribution is 0.386. The SMILES string of the molecule is [C-]#[N+]c1ccc(-c2nc(N3CCC(C)CC3)n(C)c(=O)c2-c2ccc(OC)c(F)c2)cn1. The van der Waals surface area contributed by atoms with Gasteiger partial charge in [0.15, 0.2) is 11.6 Å². The molecule has 3 heterocycles. The van der Waals surface area contributed by atoms with Crippen molar-refractivity contribution in [3.63, 3.8) is 0 Å². The van der Waals surface area contributed by atoms with E-state index < -0.39 is 5.82 Å². The van der Waals surface area contributed by atoms with E-state index in [9.17, 15) is 9.18 Å². The minimum absolute atomic E-state index is 0.0993. The fourth-order valence-corrected chi connectivity index (χ4v) is 3.97. The fourth-order valence-electron chi connectivity index (χ4n) is 3.97. The number of nitrogens with zero attached hydrogens (tertiary/aromatic N) is 5. The molecule has 0 amide bonds. The number of aromatic nitrogens is 3. The molecule has 3 aromatic rings. The highest BCUT2D eigenvalue weighted by Gasteiger charge is 2.24. The van der Waals surface area contributed by atoms with E-state index in [1.54, 1.807) is 25.2 Å². The highest BCUT2D eigenvalue weighted by atomic mass is 19.1. The Morgan fingerprint density at radius 2 is 1.91 bits per heavy atom. The van der Waals surface area contributed by atoms with Crippen molar-refractivity contribution in [3.05, 3.63) is 64.1 Å². The van der Waals surface area contributed by atoms with Gasteiger partial charge in [-0.1, -0.05) is 25.6 Å². The normalized spacial score (nSPS) is 14.3. The summed E-state index contributed by atoms with van der Waals surface area (Å²) in [7, 11) is 3.08. The first-order valence-electron chi connectivity index (χ1n) is 10.5. The second kappa shape index (κ2) is 8.79. The number of hydrogen-bond acceptors (Lipinski definition) is 5. The average Bonchev–Trinajstić information content (AvgIpc) is 2.81. The van der Waals surface area contributed by atoms with Crippen LogP contribution < -0.4 is 15.2 Å². The Kier molecular flexibility index (Phi) is 5.91. The third-order valence-corrected chi connectivity index (χ3v) is 5.91. The van der Waals surface area contributed by atoms with E-state index in [1.165, 1.54) is 30.0 Å². The second-order valence-electron chi connectivity index (χ2n) is 8.04. The fraction of sp³-hybridized carbons (Fsp3) is 0.333. The van der Waals surface area contributed by atoms with Crippen LogP contribution in [0.25, 0.3) is 27.2 Å². The quantitative estimate of drug-likeness (QED) is 0.569. The Hall–Kier alpha value is -3.73. The van der Waals surface area contributed by atoms with Crippen molar-refractivity contribution in [2.75, 3.05) is 25.1 Å². The molecular weight excluding hydrogens is 409 g/mol. The van der Waals surface area contributed by atoms with Gasteiger partial charge in [-0.3, -0.25) is 9.36 Å². The molecule has 7 nitrogen and oxygen atoms in total. The molecule has 0 atom stereocenters. The van der Waals surface area contributed by atoms with Crippen LogP contribution in [0.2, 0.25) is 0 Å². The highest BCUT2D eigenvalue weighted by molar-refractivity contribution is 5.81. The third kappa shape index (κ3) is 3.94. The van der Waals surface area contributed by atoms with E-state index in [1.807, 2.05) is 0 Å². The molecule has 0 spiro atoms. The summed E-state index contributed by atoms with van der Waals surface area (Å²) in [4.78, 5) is 28.0. The van der Waals surface area contributed by atoms with Gasteiger partial charge in [-0.05, 0) is 42.5 Å². The number of ether oxygens (including phenoxy) is 1. The molecule has 4 rings (SSSR count). The Bertz CT molecular complexity index is 1240. The summed E-state index contributed by atoms with van der Waals surface area (Å²) < 4.78 is 21.0. The van der Waals surface area contributed by atoms with Gasteiger partial charge >= 0.3 is 0 Å². The number of halogens is 1. The summed E-state index contributed by atoms with van der Waals surface area (Å²) in [6.45, 7) is 11.0. The van der Waals surface area contributed by atoms with Crippen molar-refractivity contribution < 1.29 is 9.13 Å². The second-order valence-corrected chi connectivity index (χ2v) is 8.04. The topological polar surface area (TPSA) is 64.6 Å². The molecule has 0 aliphatic carbocycles. The maximum atomic E-state index is 14.5. The van der Waals surface area contributed by atoms with Gasteiger partial charge in [0, 0.05) is 25.7 Å². The average molecular weight is 433 g/mol. The van der Waals surface area contributed by atoms with Crippen LogP contribution in [0, 0.1) is 18.3 Å². The molecule has 1 aromatic carbocycles. The summed E-state index contributed by atoms with van der Waals surface area (Å²) in [6, 6.07) is 7.72. The van der Waals surface area contributed by atoms with Crippen molar-refractivity contribution in [1.29, 1.82) is 0 Å². The Morgan fingerprint density at radius 3 is 2.50 bits per heavy atom. The van der Waals surface area contributed by atoms with E-state index in [2.05, 4.69) is 21.7 Å². The van der Waals surface area contributed by atoms with E-state index >= 15 is 0 Å². The smallest absolute Gasteiger partial charge is 0.269 e. The largest absolute Gasteiger partial charge is 0.494 e. The number of rotatable bonds is 4. The standard InChI is InChI=1S/C24H24FN5O2/c1-15-9-11-30(12-10-15)24-28-22(17-6-8-20(26-2)27-14-17)21(23(31)29(24)3)16-5-7-19(32-4)18(25)13-16/h5-8,13-15H,9-12H2,1,3-4H3. The van der Waals surface area contributed by atoms with Crippen molar-refractivity contribution in [1.82, 2.24) is 14.5 Å². The Balaban J connectivity index is 1.93. The van der Waals surface area contributed by atoms with Crippen LogP contribution >= 0.6 is 0 Å². The monoisotopic (exact) mass is 433 g/mol. The van der Waals surface area contributed by atoms with E-state index in [-0.39, 0.29) is 22.7 Å². The minimum atomic E-state index is -0.562. The maximum absolute atomic E-state index is 14.5. The Labute approximate surface area is 185 Å². The lowest BCUT2D eigenvalue weighted by Crippen LogP contribution is -2.38. The number of hydrogen-bond donors (Lipinski definition) is 0. The molecule has 8 heteroatoms. The van der Waals surface area contributed by atoms with E-state index in [0.717, 1.165) is 25.9 Å². The number of benzene rings is 1. The van der Waals surface area contributed by atoms with E-state index in [4.69, 9.17) is 16.3 Å². The van der Waals surface area contributed by atoms with Crippen LogP contribution in [0.3, 0.4) is 0 Å². The number of piperidine rings is 1. The molecule has 1 aliphatic heterocycles. The van der Waals surface area contributed by atoms with Gasteiger partial charge in [-0.25, -0.2) is 9.37 Å². The van der Waals surface area contributed by atoms with Gasteiger partial charge < -0.3 is 14.5 Å². The zero-order valence-electron chi connectivity index (χ0n) is 18.3. The lowest BCUT2D eigenvalue weighted by Gasteiger charge is -2.32. The maximum Gasteiger partial charge on any atom is 0.269 e. The number of anilines is 1. The lowest BCUT2D eigenvalue weighted by atomic mass is 9.99. The van der Waals surface area contributed by atoms with Crippen LogP contribution in [0.4, 0.5) is 16.2 Å². The molecule has 1 saturated heterocycles. The summed E-state index contributed by atoms with van der Waals surface area (Å²) in [5.74, 6) is 0.995. The van der Waals surface area contributed by atoms with Crippen molar-refractivity contribution in [2.45, 2.75) is 19.8 Å². The first-order chi connectivity index (χ1) is 15.4. The first kappa shape index (κ1) is 21.5. The summed E-state index contributed by atoms with van der Waals surface area (Å²) in [5, 5.41) is 0. The summed E-state index contributed by atoms with van der Waals surface area (Å²) in [6.07, 6.45) is 3.58. The van der Waals surface area contributed by atoms with Gasteiger partial charge in [-0.2, -0.15) is 0 Å². The van der Waals surface area contributed by atoms with Crippen LogP contribution in [0.1, 0.15) is 19.8 Å². The number of pyridine rings is 1. The molecule has 164 valence electrons. The molecule has 1 fully saturated rings. The first-order valence-corrected chi connectivity index (χ1v) is 10.5. The van der Waals surface area contributed by atoms with Gasteiger partial charge in [0.2, 0.25) is 5.95 Å². The van der Waals surface area contributed by atoms with Crippen molar-refractivity contribution >= 4 is 11.8 Å². The molecule has 2 aromatic heterocycles. The molecular formula is C24H24FN5O2. The minimum Gasteiger partial charge on any atom is -0.494 e. The molecule has 0 radical (unpaired) electrons. The van der Waals surface area contributed by atoms with Gasteiger partial charge in [0.05, 0.1) is 18.4 Å². The van der Waals surface area contributed by atoms with Gasteiger partial charge in [0.1, 0.15) is 6.20 Å². The zero-order chi connectivity index (χ0) is 22.8. The van der Waals surface area contributed by atoms with Crippen LogP contribution in [-0.4, -0.2) is 34.7 Å². The molecule has 32 heavy (non-hydrogen) atoms. The van der Waals surface area contributed by atoms with Crippen molar-refractivity contribution in [2.24, 2.45) is 13.0 Å². The molecule has 0 N–H and O–H groups in total. The summed E-state index contributed by atoms with van der Waals surface area (Å²) >= 11 is 0. The van der Waals surface area contributed by atoms with Crippen LogP contribution in [0.5, 0.6) is 5.75 Å². The molecule has 1 aliphatic rings. The van der Waals surface area contributed by atoms with Gasteiger partial charge in [-0.15, -0.1) is 4.98 Å².